The maximum atomic E-state index is 14.0. The first-order chi connectivity index (χ1) is 14.7. The molecule has 0 amide bonds. The molecule has 0 radical (unpaired) electrons. The standard InChI is InChI=1S/C22H30FN5O2.HI/c1-3-24-22(26-12-6-14-30-19-8-4-7-18(15-19)29-2)27-17-10-13-28(16-17)21-20(23)9-5-11-25-21;/h4-5,7-9,11,15,17H,3,6,10,12-14,16H2,1-2H3,(H2,24,26,27);1H. The quantitative estimate of drug-likeness (QED) is 0.219. The molecule has 0 bridgehead atoms. The fourth-order valence-electron chi connectivity index (χ4n) is 3.33. The minimum atomic E-state index is -0.283. The number of aliphatic imine (C=N–C) groups is 1. The fraction of sp³-hybridized carbons (Fsp3) is 0.455. The molecular weight excluding hydrogens is 512 g/mol. The minimum Gasteiger partial charge on any atom is -0.497 e. The number of guanidine groups is 1. The van der Waals surface area contributed by atoms with E-state index in [2.05, 4.69) is 20.6 Å². The second kappa shape index (κ2) is 13.2. The van der Waals surface area contributed by atoms with Crippen LogP contribution in [0.1, 0.15) is 19.8 Å². The fourth-order valence-corrected chi connectivity index (χ4v) is 3.33. The van der Waals surface area contributed by atoms with Crippen LogP contribution in [0.5, 0.6) is 11.5 Å². The number of anilines is 1. The molecule has 1 fully saturated rings. The van der Waals surface area contributed by atoms with Crippen molar-refractivity contribution in [3.63, 3.8) is 0 Å². The Morgan fingerprint density at radius 1 is 1.29 bits per heavy atom. The van der Waals surface area contributed by atoms with E-state index in [1.54, 1.807) is 19.4 Å². The first-order valence-electron chi connectivity index (χ1n) is 10.4. The van der Waals surface area contributed by atoms with Crippen LogP contribution < -0.4 is 25.0 Å². The Balaban J connectivity index is 0.00000341. The molecule has 1 aromatic heterocycles. The molecule has 1 atom stereocenters. The summed E-state index contributed by atoms with van der Waals surface area (Å²) in [5, 5.41) is 6.72. The topological polar surface area (TPSA) is 71.0 Å². The largest absolute Gasteiger partial charge is 0.497 e. The SMILES string of the molecule is CCNC(=NCCCOc1cccc(OC)c1)NC1CCN(c2ncccc2F)C1.I. The number of nitrogens with one attached hydrogen (secondary N) is 2. The molecule has 3 rings (SSSR count). The molecule has 2 heterocycles. The third kappa shape index (κ3) is 7.71. The summed E-state index contributed by atoms with van der Waals surface area (Å²) in [6.07, 6.45) is 3.32. The normalized spacial score (nSPS) is 15.9. The monoisotopic (exact) mass is 543 g/mol. The highest BCUT2D eigenvalue weighted by molar-refractivity contribution is 14.0. The van der Waals surface area contributed by atoms with E-state index in [9.17, 15) is 4.39 Å². The van der Waals surface area contributed by atoms with Crippen LogP contribution in [0.3, 0.4) is 0 Å². The van der Waals surface area contributed by atoms with Gasteiger partial charge in [0.05, 0.1) is 13.7 Å². The number of aromatic nitrogens is 1. The predicted octanol–water partition coefficient (Wildman–Crippen LogP) is 3.45. The van der Waals surface area contributed by atoms with E-state index in [4.69, 9.17) is 9.47 Å². The van der Waals surface area contributed by atoms with Crippen LogP contribution in [-0.2, 0) is 0 Å². The Bertz CT molecular complexity index is 839. The van der Waals surface area contributed by atoms with E-state index < -0.39 is 0 Å². The number of rotatable bonds is 9. The number of hydrogen-bond acceptors (Lipinski definition) is 5. The van der Waals surface area contributed by atoms with Gasteiger partial charge in [-0.15, -0.1) is 24.0 Å². The van der Waals surface area contributed by atoms with Crippen LogP contribution in [0.15, 0.2) is 47.6 Å². The van der Waals surface area contributed by atoms with E-state index >= 15 is 0 Å². The van der Waals surface area contributed by atoms with Gasteiger partial charge < -0.3 is 25.0 Å². The highest BCUT2D eigenvalue weighted by atomic mass is 127. The first kappa shape index (κ1) is 25.0. The van der Waals surface area contributed by atoms with Crippen molar-refractivity contribution in [2.75, 3.05) is 44.8 Å². The summed E-state index contributed by atoms with van der Waals surface area (Å²) in [5.41, 5.74) is 0. The number of pyridine rings is 1. The average molecular weight is 543 g/mol. The number of halogens is 2. The molecule has 1 unspecified atom stereocenters. The Labute approximate surface area is 200 Å². The van der Waals surface area contributed by atoms with Crippen LogP contribution in [0.2, 0.25) is 0 Å². The second-order valence-electron chi connectivity index (χ2n) is 7.03. The van der Waals surface area contributed by atoms with Crippen LogP contribution in [0.25, 0.3) is 0 Å². The van der Waals surface area contributed by atoms with Crippen molar-refractivity contribution in [1.29, 1.82) is 0 Å². The number of ether oxygens (including phenoxy) is 2. The lowest BCUT2D eigenvalue weighted by Crippen LogP contribution is -2.44. The van der Waals surface area contributed by atoms with Gasteiger partial charge in [0, 0.05) is 50.9 Å². The summed E-state index contributed by atoms with van der Waals surface area (Å²) in [7, 11) is 1.64. The van der Waals surface area contributed by atoms with Gasteiger partial charge in [-0.25, -0.2) is 9.37 Å². The van der Waals surface area contributed by atoms with Crippen LogP contribution in [0.4, 0.5) is 10.2 Å². The predicted molar refractivity (Wildman–Crippen MR) is 132 cm³/mol. The zero-order valence-corrected chi connectivity index (χ0v) is 20.3. The maximum Gasteiger partial charge on any atom is 0.191 e. The lowest BCUT2D eigenvalue weighted by molar-refractivity contribution is 0.311. The van der Waals surface area contributed by atoms with Crippen molar-refractivity contribution in [2.45, 2.75) is 25.8 Å². The van der Waals surface area contributed by atoms with Gasteiger partial charge in [0.25, 0.3) is 0 Å². The molecule has 0 spiro atoms. The second-order valence-corrected chi connectivity index (χ2v) is 7.03. The molecule has 1 aliphatic heterocycles. The Morgan fingerprint density at radius 2 is 2.13 bits per heavy atom. The first-order valence-corrected chi connectivity index (χ1v) is 10.4. The minimum absolute atomic E-state index is 0. The highest BCUT2D eigenvalue weighted by Crippen LogP contribution is 2.21. The molecule has 0 aliphatic carbocycles. The van der Waals surface area contributed by atoms with Gasteiger partial charge in [0.1, 0.15) is 11.5 Å². The van der Waals surface area contributed by atoms with Gasteiger partial charge in [-0.1, -0.05) is 6.07 Å². The Kier molecular flexibility index (Phi) is 10.6. The van der Waals surface area contributed by atoms with Crippen molar-refractivity contribution in [3.8, 4) is 11.5 Å². The van der Waals surface area contributed by atoms with Gasteiger partial charge in [-0.2, -0.15) is 0 Å². The summed E-state index contributed by atoms with van der Waals surface area (Å²) in [6.45, 7) is 5.48. The van der Waals surface area contributed by atoms with E-state index in [1.165, 1.54) is 6.07 Å². The molecule has 1 aromatic carbocycles. The molecule has 1 aliphatic rings. The smallest absolute Gasteiger partial charge is 0.191 e. The zero-order chi connectivity index (χ0) is 21.2. The van der Waals surface area contributed by atoms with Gasteiger partial charge in [-0.3, -0.25) is 4.99 Å². The van der Waals surface area contributed by atoms with Crippen LogP contribution in [-0.4, -0.2) is 56.9 Å². The third-order valence-electron chi connectivity index (χ3n) is 4.79. The van der Waals surface area contributed by atoms with Gasteiger partial charge in [0.15, 0.2) is 17.6 Å². The average Bonchev–Trinajstić information content (AvgIpc) is 3.22. The lowest BCUT2D eigenvalue weighted by atomic mass is 10.3. The summed E-state index contributed by atoms with van der Waals surface area (Å²) < 4.78 is 24.9. The number of hydrogen-bond donors (Lipinski definition) is 2. The van der Waals surface area contributed by atoms with Crippen LogP contribution >= 0.6 is 24.0 Å². The number of nitrogens with zero attached hydrogens (tertiary/aromatic N) is 3. The van der Waals surface area contributed by atoms with Crippen molar-refractivity contribution < 1.29 is 13.9 Å². The molecule has 2 aromatic rings. The Hall–Kier alpha value is -2.30. The molecule has 1 saturated heterocycles. The number of benzene rings is 1. The van der Waals surface area contributed by atoms with Gasteiger partial charge >= 0.3 is 0 Å². The highest BCUT2D eigenvalue weighted by Gasteiger charge is 2.25. The molecule has 2 N–H and O–H groups in total. The van der Waals surface area contributed by atoms with Crippen molar-refractivity contribution in [3.05, 3.63) is 48.4 Å². The molecule has 31 heavy (non-hydrogen) atoms. The third-order valence-corrected chi connectivity index (χ3v) is 4.79. The van der Waals surface area contributed by atoms with Gasteiger partial charge in [-0.05, 0) is 37.6 Å². The van der Waals surface area contributed by atoms with E-state index in [-0.39, 0.29) is 35.8 Å². The zero-order valence-electron chi connectivity index (χ0n) is 18.0. The molecule has 9 heteroatoms. The summed E-state index contributed by atoms with van der Waals surface area (Å²) in [5.74, 6) is 2.47. The summed E-state index contributed by atoms with van der Waals surface area (Å²) in [4.78, 5) is 10.8. The molecule has 0 saturated carbocycles. The van der Waals surface area contributed by atoms with E-state index in [0.717, 1.165) is 43.4 Å². The summed E-state index contributed by atoms with van der Waals surface area (Å²) in [6, 6.07) is 10.8. The van der Waals surface area contributed by atoms with E-state index in [1.807, 2.05) is 36.1 Å². The number of methoxy groups -OCH3 is 1. The maximum absolute atomic E-state index is 14.0. The molecule has 7 nitrogen and oxygen atoms in total. The van der Waals surface area contributed by atoms with Crippen molar-refractivity contribution in [1.82, 2.24) is 15.6 Å². The Morgan fingerprint density at radius 3 is 2.90 bits per heavy atom. The lowest BCUT2D eigenvalue weighted by Gasteiger charge is -2.20. The van der Waals surface area contributed by atoms with Crippen molar-refractivity contribution >= 4 is 35.8 Å². The summed E-state index contributed by atoms with van der Waals surface area (Å²) >= 11 is 0. The van der Waals surface area contributed by atoms with Crippen molar-refractivity contribution in [2.24, 2.45) is 4.99 Å². The van der Waals surface area contributed by atoms with E-state index in [0.29, 0.717) is 25.5 Å². The molecular formula is C22H31FIN5O2. The van der Waals surface area contributed by atoms with Crippen LogP contribution in [0, 0.1) is 5.82 Å². The van der Waals surface area contributed by atoms with Gasteiger partial charge in [0.2, 0.25) is 0 Å². The molecule has 170 valence electrons.